The highest BCUT2D eigenvalue weighted by atomic mass is 16.5. The molecule has 5 heteroatoms. The van der Waals surface area contributed by atoms with Crippen LogP contribution in [0, 0.1) is 18.8 Å². The van der Waals surface area contributed by atoms with E-state index in [0.717, 1.165) is 43.0 Å². The van der Waals surface area contributed by atoms with Crippen molar-refractivity contribution in [2.45, 2.75) is 47.6 Å². The molecule has 0 aliphatic carbocycles. The highest BCUT2D eigenvalue weighted by Gasteiger charge is 2.34. The van der Waals surface area contributed by atoms with Crippen molar-refractivity contribution >= 4 is 17.5 Å². The van der Waals surface area contributed by atoms with E-state index in [4.69, 9.17) is 4.74 Å². The molecule has 1 fully saturated rings. The molecule has 0 spiro atoms. The summed E-state index contributed by atoms with van der Waals surface area (Å²) < 4.78 is 6.15. The number of hydrogen-bond donors (Lipinski definition) is 1. The van der Waals surface area contributed by atoms with Crippen molar-refractivity contribution in [3.05, 3.63) is 58.3 Å². The van der Waals surface area contributed by atoms with Gasteiger partial charge in [-0.1, -0.05) is 26.0 Å². The number of hydrogen-bond acceptors (Lipinski definition) is 5. The first-order chi connectivity index (χ1) is 15.8. The van der Waals surface area contributed by atoms with Gasteiger partial charge in [0.25, 0.3) is 0 Å². The second-order valence-corrected chi connectivity index (χ2v) is 9.74. The van der Waals surface area contributed by atoms with Crippen LogP contribution in [0.5, 0.6) is 11.5 Å². The molecular weight excluding hydrogens is 412 g/mol. The SMILES string of the molecule is CCN(CC)c1ccc(/C=C2/Oc3c(CN4CC(C)CC(C)C4)c(O)cc(C)c3C2=O)cc1. The number of likely N-dealkylation sites (tertiary alicyclic amines) is 1. The van der Waals surface area contributed by atoms with Crippen LogP contribution in [-0.4, -0.2) is 42.0 Å². The molecule has 33 heavy (non-hydrogen) atoms. The minimum absolute atomic E-state index is 0.114. The van der Waals surface area contributed by atoms with Crippen molar-refractivity contribution in [3.8, 4) is 11.5 Å². The normalized spacial score (nSPS) is 21.8. The van der Waals surface area contributed by atoms with Gasteiger partial charge >= 0.3 is 0 Å². The van der Waals surface area contributed by atoms with Crippen LogP contribution in [0.1, 0.15) is 61.2 Å². The smallest absolute Gasteiger partial charge is 0.232 e. The Labute approximate surface area is 197 Å². The lowest BCUT2D eigenvalue weighted by Gasteiger charge is -2.35. The maximum Gasteiger partial charge on any atom is 0.232 e. The van der Waals surface area contributed by atoms with Crippen molar-refractivity contribution in [3.63, 3.8) is 0 Å². The van der Waals surface area contributed by atoms with Crippen molar-refractivity contribution in [2.75, 3.05) is 31.1 Å². The Morgan fingerprint density at radius 3 is 2.36 bits per heavy atom. The Balaban J connectivity index is 1.62. The molecule has 0 saturated carbocycles. The van der Waals surface area contributed by atoms with E-state index < -0.39 is 0 Å². The number of fused-ring (bicyclic) bond motifs is 1. The summed E-state index contributed by atoms with van der Waals surface area (Å²) in [5, 5.41) is 10.8. The van der Waals surface area contributed by atoms with Gasteiger partial charge in [-0.25, -0.2) is 0 Å². The van der Waals surface area contributed by atoms with Crippen LogP contribution in [0.25, 0.3) is 6.08 Å². The molecule has 1 N–H and O–H groups in total. The number of phenolic OH excluding ortho intramolecular Hbond substituents is 1. The Morgan fingerprint density at radius 2 is 1.76 bits per heavy atom. The maximum absolute atomic E-state index is 13.3. The standard InChI is InChI=1S/C28H36N2O3/c1-6-30(7-2)22-10-8-21(9-11-22)14-25-27(32)26-20(5)13-24(31)23(28(26)33-25)17-29-15-18(3)12-19(4)16-29/h8-11,13-14,18-19,31H,6-7,12,15-17H2,1-5H3/b25-14+. The predicted octanol–water partition coefficient (Wildman–Crippen LogP) is 5.64. The summed E-state index contributed by atoms with van der Waals surface area (Å²) in [7, 11) is 0. The van der Waals surface area contributed by atoms with E-state index in [-0.39, 0.29) is 11.5 Å². The molecule has 0 bridgehead atoms. The zero-order valence-corrected chi connectivity index (χ0v) is 20.5. The van der Waals surface area contributed by atoms with Gasteiger partial charge in [-0.05, 0) is 74.4 Å². The third kappa shape index (κ3) is 4.79. The third-order valence-electron chi connectivity index (χ3n) is 6.87. The Hall–Kier alpha value is -2.79. The maximum atomic E-state index is 13.3. The fourth-order valence-electron chi connectivity index (χ4n) is 5.40. The summed E-state index contributed by atoms with van der Waals surface area (Å²) in [5.74, 6) is 2.16. The van der Waals surface area contributed by atoms with E-state index in [1.807, 2.05) is 19.1 Å². The molecule has 0 radical (unpaired) electrons. The van der Waals surface area contributed by atoms with E-state index in [1.54, 1.807) is 12.1 Å². The second-order valence-electron chi connectivity index (χ2n) is 9.74. The molecule has 4 rings (SSSR count). The Kier molecular flexibility index (Phi) is 6.80. The Bertz CT molecular complexity index is 1040. The number of aromatic hydroxyl groups is 1. The monoisotopic (exact) mass is 448 g/mol. The van der Waals surface area contributed by atoms with Crippen LogP contribution in [0.4, 0.5) is 5.69 Å². The van der Waals surface area contributed by atoms with E-state index in [9.17, 15) is 9.90 Å². The van der Waals surface area contributed by atoms with E-state index >= 15 is 0 Å². The van der Waals surface area contributed by atoms with Crippen LogP contribution in [0.15, 0.2) is 36.1 Å². The molecule has 176 valence electrons. The van der Waals surface area contributed by atoms with E-state index in [2.05, 4.69) is 49.6 Å². The molecule has 2 aromatic carbocycles. The van der Waals surface area contributed by atoms with E-state index in [0.29, 0.717) is 41.0 Å². The average molecular weight is 449 g/mol. The van der Waals surface area contributed by atoms with Crippen LogP contribution in [0.2, 0.25) is 0 Å². The number of ether oxygens (including phenoxy) is 1. The molecule has 2 unspecified atom stereocenters. The van der Waals surface area contributed by atoms with Crippen LogP contribution in [0.3, 0.4) is 0 Å². The quantitative estimate of drug-likeness (QED) is 0.580. The summed E-state index contributed by atoms with van der Waals surface area (Å²) in [6.45, 7) is 15.2. The number of ketones is 1. The topological polar surface area (TPSA) is 53.0 Å². The number of carbonyl (C=O) groups is 1. The second kappa shape index (κ2) is 9.60. The van der Waals surface area contributed by atoms with Gasteiger partial charge in [-0.2, -0.15) is 0 Å². The molecule has 5 nitrogen and oxygen atoms in total. The molecule has 2 aromatic rings. The van der Waals surface area contributed by atoms with Gasteiger partial charge in [0.15, 0.2) is 5.76 Å². The largest absolute Gasteiger partial charge is 0.507 e. The molecule has 0 aromatic heterocycles. The number of benzene rings is 2. The van der Waals surface area contributed by atoms with Crippen molar-refractivity contribution < 1.29 is 14.6 Å². The first kappa shape index (κ1) is 23.4. The number of piperidine rings is 1. The number of carbonyl (C=O) groups excluding carboxylic acids is 1. The van der Waals surface area contributed by atoms with Gasteiger partial charge in [0.05, 0.1) is 11.1 Å². The third-order valence-corrected chi connectivity index (χ3v) is 6.87. The van der Waals surface area contributed by atoms with Gasteiger partial charge in [-0.3, -0.25) is 9.69 Å². The minimum Gasteiger partial charge on any atom is -0.507 e. The molecule has 2 aliphatic heterocycles. The summed E-state index contributed by atoms with van der Waals surface area (Å²) in [4.78, 5) is 17.9. The fourth-order valence-corrected chi connectivity index (χ4v) is 5.40. The number of phenols is 1. The highest BCUT2D eigenvalue weighted by molar-refractivity contribution is 6.15. The van der Waals surface area contributed by atoms with Gasteiger partial charge in [0, 0.05) is 38.4 Å². The lowest BCUT2D eigenvalue weighted by Crippen LogP contribution is -2.38. The molecule has 2 atom stereocenters. The zero-order chi connectivity index (χ0) is 23.7. The van der Waals surface area contributed by atoms with Crippen LogP contribution in [-0.2, 0) is 6.54 Å². The van der Waals surface area contributed by atoms with Crippen molar-refractivity contribution in [2.24, 2.45) is 11.8 Å². The zero-order valence-electron chi connectivity index (χ0n) is 20.5. The number of Topliss-reactive ketones (excluding diaryl/α,β-unsaturated/α-hetero) is 1. The average Bonchev–Trinajstić information content (AvgIpc) is 3.09. The summed E-state index contributed by atoms with van der Waals surface area (Å²) in [6, 6.07) is 9.89. The summed E-state index contributed by atoms with van der Waals surface area (Å²) in [5.41, 5.74) is 4.12. The van der Waals surface area contributed by atoms with Gasteiger partial charge in [-0.15, -0.1) is 0 Å². The van der Waals surface area contributed by atoms with Crippen molar-refractivity contribution in [1.29, 1.82) is 0 Å². The summed E-state index contributed by atoms with van der Waals surface area (Å²) >= 11 is 0. The van der Waals surface area contributed by atoms with Crippen LogP contribution >= 0.6 is 0 Å². The van der Waals surface area contributed by atoms with Crippen molar-refractivity contribution in [1.82, 2.24) is 4.90 Å². The number of aryl methyl sites for hydroxylation is 1. The molecule has 2 aliphatic rings. The molecule has 2 heterocycles. The highest BCUT2D eigenvalue weighted by Crippen LogP contribution is 2.42. The first-order valence-corrected chi connectivity index (χ1v) is 12.2. The minimum atomic E-state index is -0.114. The van der Waals surface area contributed by atoms with Gasteiger partial charge in [0.1, 0.15) is 11.5 Å². The Morgan fingerprint density at radius 1 is 1.12 bits per heavy atom. The number of anilines is 1. The lowest BCUT2D eigenvalue weighted by molar-refractivity contribution is 0.101. The predicted molar refractivity (Wildman–Crippen MR) is 134 cm³/mol. The summed E-state index contributed by atoms with van der Waals surface area (Å²) in [6.07, 6.45) is 3.03. The number of allylic oxidation sites excluding steroid dienone is 1. The van der Waals surface area contributed by atoms with Gasteiger partial charge in [0.2, 0.25) is 5.78 Å². The first-order valence-electron chi connectivity index (χ1n) is 12.2. The van der Waals surface area contributed by atoms with Crippen LogP contribution < -0.4 is 9.64 Å². The van der Waals surface area contributed by atoms with E-state index in [1.165, 1.54) is 6.42 Å². The molecule has 0 amide bonds. The fraction of sp³-hybridized carbons (Fsp3) is 0.464. The molecular formula is C28H36N2O3. The number of nitrogens with zero attached hydrogens (tertiary/aromatic N) is 2. The molecule has 1 saturated heterocycles. The number of rotatable bonds is 6. The van der Waals surface area contributed by atoms with Gasteiger partial charge < -0.3 is 14.7 Å². The lowest BCUT2D eigenvalue weighted by atomic mass is 9.91.